The number of carbonyl (C=O) groups is 2. The first-order valence-electron chi connectivity index (χ1n) is 11.6. The molecule has 0 aliphatic carbocycles. The minimum absolute atomic E-state index is 0.0665. The minimum Gasteiger partial charge on any atom is -0.465 e. The number of esters is 1. The highest BCUT2D eigenvalue weighted by Gasteiger charge is 2.40. The lowest BCUT2D eigenvalue weighted by Gasteiger charge is -2.25. The Hall–Kier alpha value is -4.01. The minimum atomic E-state index is -4.80. The Morgan fingerprint density at radius 1 is 0.865 bits per heavy atom. The molecule has 1 aliphatic heterocycles. The van der Waals surface area contributed by atoms with Gasteiger partial charge in [0.1, 0.15) is 5.75 Å². The molecular formula is C28H27F3N2O4. The number of anilines is 2. The summed E-state index contributed by atoms with van der Waals surface area (Å²) in [4.78, 5) is 28.7. The van der Waals surface area contributed by atoms with E-state index in [1.165, 1.54) is 36.3 Å². The third-order valence-electron chi connectivity index (χ3n) is 6.21. The van der Waals surface area contributed by atoms with Crippen molar-refractivity contribution in [2.45, 2.75) is 38.6 Å². The van der Waals surface area contributed by atoms with Crippen LogP contribution in [0.3, 0.4) is 0 Å². The largest absolute Gasteiger partial charge is 0.573 e. The van der Waals surface area contributed by atoms with E-state index in [9.17, 15) is 22.8 Å². The van der Waals surface area contributed by atoms with E-state index < -0.39 is 18.4 Å². The standard InChI is InChI=1S/C28H27F3N2O4/c1-27(2,3)20-9-11-22(12-10-20)33-24(18-5-7-19(8-6-18)25(34)36-4)17-32(26(33)35)21-13-15-23(16-14-21)37-28(29,30)31/h5-16,24H,17H2,1-4H3. The number of benzene rings is 3. The van der Waals surface area contributed by atoms with Crippen LogP contribution >= 0.6 is 0 Å². The van der Waals surface area contributed by atoms with Crippen molar-refractivity contribution < 1.29 is 32.2 Å². The lowest BCUT2D eigenvalue weighted by Crippen LogP contribution is -2.32. The molecule has 2 amide bonds. The molecule has 6 nitrogen and oxygen atoms in total. The quantitative estimate of drug-likeness (QED) is 0.351. The van der Waals surface area contributed by atoms with Crippen molar-refractivity contribution in [3.63, 3.8) is 0 Å². The average molecular weight is 513 g/mol. The van der Waals surface area contributed by atoms with E-state index in [1.807, 2.05) is 24.3 Å². The van der Waals surface area contributed by atoms with Crippen LogP contribution in [-0.4, -0.2) is 32.0 Å². The van der Waals surface area contributed by atoms with Crippen LogP contribution in [0.15, 0.2) is 72.8 Å². The molecule has 9 heteroatoms. The lowest BCUT2D eigenvalue weighted by atomic mass is 9.87. The summed E-state index contributed by atoms with van der Waals surface area (Å²) in [6.07, 6.45) is -4.80. The topological polar surface area (TPSA) is 59.1 Å². The Balaban J connectivity index is 1.69. The zero-order valence-corrected chi connectivity index (χ0v) is 20.9. The fourth-order valence-electron chi connectivity index (χ4n) is 4.27. The maximum Gasteiger partial charge on any atom is 0.573 e. The number of urea groups is 1. The van der Waals surface area contributed by atoms with Crippen LogP contribution < -0.4 is 14.5 Å². The summed E-state index contributed by atoms with van der Waals surface area (Å²) in [6.45, 7) is 6.55. The number of halogens is 3. The van der Waals surface area contributed by atoms with Crippen molar-refractivity contribution in [3.8, 4) is 5.75 Å². The summed E-state index contributed by atoms with van der Waals surface area (Å²) in [6, 6.07) is 19.0. The van der Waals surface area contributed by atoms with Crippen molar-refractivity contribution in [2.24, 2.45) is 0 Å². The normalized spacial score (nSPS) is 16.2. The highest BCUT2D eigenvalue weighted by molar-refractivity contribution is 6.07. The molecule has 3 aromatic rings. The van der Waals surface area contributed by atoms with Crippen molar-refractivity contribution in [1.29, 1.82) is 0 Å². The molecule has 4 rings (SSSR count). The number of hydrogen-bond donors (Lipinski definition) is 0. The molecule has 1 unspecified atom stereocenters. The van der Waals surface area contributed by atoms with Gasteiger partial charge in [0, 0.05) is 11.4 Å². The molecule has 0 saturated carbocycles. The fourth-order valence-corrected chi connectivity index (χ4v) is 4.27. The van der Waals surface area contributed by atoms with E-state index in [4.69, 9.17) is 4.74 Å². The zero-order valence-electron chi connectivity index (χ0n) is 20.9. The molecule has 3 aromatic carbocycles. The number of ether oxygens (including phenoxy) is 2. The Morgan fingerprint density at radius 3 is 1.95 bits per heavy atom. The molecule has 194 valence electrons. The number of carbonyl (C=O) groups excluding carboxylic acids is 2. The fraction of sp³-hybridized carbons (Fsp3) is 0.286. The average Bonchev–Trinajstić information content (AvgIpc) is 3.19. The maximum atomic E-state index is 13.7. The van der Waals surface area contributed by atoms with Gasteiger partial charge in [-0.15, -0.1) is 13.2 Å². The first-order chi connectivity index (χ1) is 17.4. The van der Waals surface area contributed by atoms with Crippen LogP contribution in [0.2, 0.25) is 0 Å². The first kappa shape index (κ1) is 26.1. The zero-order chi connectivity index (χ0) is 27.0. The van der Waals surface area contributed by atoms with E-state index in [2.05, 4.69) is 25.5 Å². The molecule has 1 saturated heterocycles. The summed E-state index contributed by atoms with van der Waals surface area (Å²) in [7, 11) is 1.30. The summed E-state index contributed by atoms with van der Waals surface area (Å²) < 4.78 is 46.4. The molecule has 0 N–H and O–H groups in total. The number of amides is 2. The monoisotopic (exact) mass is 512 g/mol. The molecule has 1 fully saturated rings. The highest BCUT2D eigenvalue weighted by Crippen LogP contribution is 2.38. The molecule has 1 heterocycles. The second-order valence-electron chi connectivity index (χ2n) is 9.73. The van der Waals surface area contributed by atoms with Crippen LogP contribution in [0.5, 0.6) is 5.75 Å². The van der Waals surface area contributed by atoms with E-state index in [1.54, 1.807) is 29.2 Å². The maximum absolute atomic E-state index is 13.7. The van der Waals surface area contributed by atoms with Gasteiger partial charge in [-0.25, -0.2) is 9.59 Å². The third kappa shape index (κ3) is 5.71. The Morgan fingerprint density at radius 2 is 1.43 bits per heavy atom. The van der Waals surface area contributed by atoms with E-state index in [-0.39, 0.29) is 23.7 Å². The molecule has 0 bridgehead atoms. The number of rotatable bonds is 5. The molecular weight excluding hydrogens is 485 g/mol. The number of alkyl halides is 3. The van der Waals surface area contributed by atoms with Gasteiger partial charge in [0.25, 0.3) is 0 Å². The summed E-state index contributed by atoms with van der Waals surface area (Å²) in [5.74, 6) is -0.834. The smallest absolute Gasteiger partial charge is 0.465 e. The van der Waals surface area contributed by atoms with Gasteiger partial charge >= 0.3 is 18.4 Å². The van der Waals surface area contributed by atoms with Gasteiger partial charge in [0.15, 0.2) is 0 Å². The number of nitrogens with zero attached hydrogens (tertiary/aromatic N) is 2. The van der Waals surface area contributed by atoms with Crippen molar-refractivity contribution in [3.05, 3.63) is 89.5 Å². The van der Waals surface area contributed by atoms with Crippen LogP contribution in [-0.2, 0) is 10.2 Å². The Bertz CT molecular complexity index is 1270. The first-order valence-corrected chi connectivity index (χ1v) is 11.6. The molecule has 0 radical (unpaired) electrons. The van der Waals surface area contributed by atoms with E-state index in [0.29, 0.717) is 16.9 Å². The molecule has 0 spiro atoms. The van der Waals surface area contributed by atoms with Gasteiger partial charge < -0.3 is 9.47 Å². The van der Waals surface area contributed by atoms with Gasteiger partial charge in [0.05, 0.1) is 25.3 Å². The summed E-state index contributed by atoms with van der Waals surface area (Å²) in [5, 5.41) is 0. The highest BCUT2D eigenvalue weighted by atomic mass is 19.4. The summed E-state index contributed by atoms with van der Waals surface area (Å²) in [5.41, 5.74) is 3.33. The third-order valence-corrected chi connectivity index (χ3v) is 6.21. The van der Waals surface area contributed by atoms with Gasteiger partial charge in [-0.1, -0.05) is 45.0 Å². The van der Waals surface area contributed by atoms with Crippen LogP contribution in [0.25, 0.3) is 0 Å². The second-order valence-corrected chi connectivity index (χ2v) is 9.73. The Labute approximate surface area is 213 Å². The lowest BCUT2D eigenvalue weighted by molar-refractivity contribution is -0.274. The van der Waals surface area contributed by atoms with Crippen molar-refractivity contribution >= 4 is 23.4 Å². The van der Waals surface area contributed by atoms with E-state index >= 15 is 0 Å². The number of hydrogen-bond acceptors (Lipinski definition) is 4. The van der Waals surface area contributed by atoms with Crippen LogP contribution in [0, 0.1) is 0 Å². The van der Waals surface area contributed by atoms with Gasteiger partial charge in [-0.2, -0.15) is 0 Å². The van der Waals surface area contributed by atoms with Gasteiger partial charge in [-0.3, -0.25) is 9.80 Å². The molecule has 0 aromatic heterocycles. The van der Waals surface area contributed by atoms with Crippen molar-refractivity contribution in [2.75, 3.05) is 23.5 Å². The van der Waals surface area contributed by atoms with Crippen LogP contribution in [0.1, 0.15) is 48.3 Å². The SMILES string of the molecule is COC(=O)c1ccc(C2CN(c3ccc(OC(F)(F)F)cc3)C(=O)N2c2ccc(C(C)(C)C)cc2)cc1. The van der Waals surface area contributed by atoms with E-state index in [0.717, 1.165) is 11.1 Å². The summed E-state index contributed by atoms with van der Waals surface area (Å²) >= 11 is 0. The van der Waals surface area contributed by atoms with Crippen molar-refractivity contribution in [1.82, 2.24) is 0 Å². The van der Waals surface area contributed by atoms with Crippen LogP contribution in [0.4, 0.5) is 29.3 Å². The Kier molecular flexibility index (Phi) is 6.90. The number of methoxy groups -OCH3 is 1. The molecule has 37 heavy (non-hydrogen) atoms. The molecule has 1 aliphatic rings. The predicted octanol–water partition coefficient (Wildman–Crippen LogP) is 6.86. The second kappa shape index (κ2) is 9.80. The molecule has 1 atom stereocenters. The van der Waals surface area contributed by atoms with Gasteiger partial charge in [-0.05, 0) is 65.1 Å². The van der Waals surface area contributed by atoms with Gasteiger partial charge in [0.2, 0.25) is 0 Å². The predicted molar refractivity (Wildman–Crippen MR) is 134 cm³/mol.